The fourth-order valence-electron chi connectivity index (χ4n) is 2.73. The minimum absolute atomic E-state index is 0.00420. The van der Waals surface area contributed by atoms with Crippen molar-refractivity contribution in [3.05, 3.63) is 70.3 Å². The van der Waals surface area contributed by atoms with Crippen LogP contribution in [-0.2, 0) is 4.79 Å². The molecule has 2 aromatic rings. The number of rotatable bonds is 6. The van der Waals surface area contributed by atoms with Crippen molar-refractivity contribution in [2.24, 2.45) is 0 Å². The van der Waals surface area contributed by atoms with Crippen LogP contribution in [-0.4, -0.2) is 11.7 Å². The lowest BCUT2D eigenvalue weighted by Gasteiger charge is -2.17. The molecule has 0 bridgehead atoms. The van der Waals surface area contributed by atoms with Gasteiger partial charge in [0.15, 0.2) is 5.78 Å². The van der Waals surface area contributed by atoms with Crippen molar-refractivity contribution in [1.82, 2.24) is 5.32 Å². The molecule has 0 heterocycles. The number of nitrogens with one attached hydrogen (secondary N) is 1. The molecule has 0 saturated heterocycles. The molecule has 0 aliphatic carbocycles. The number of aryl methyl sites for hydroxylation is 3. The molecule has 1 amide bonds. The number of carbonyl (C=O) groups excluding carboxylic acids is 2. The molecule has 0 aliphatic rings. The van der Waals surface area contributed by atoms with Crippen LogP contribution in [0.15, 0.2) is 42.5 Å². The molecule has 0 saturated carbocycles. The van der Waals surface area contributed by atoms with Gasteiger partial charge in [-0.25, -0.2) is 0 Å². The van der Waals surface area contributed by atoms with Crippen molar-refractivity contribution < 1.29 is 9.59 Å². The van der Waals surface area contributed by atoms with Gasteiger partial charge in [0.25, 0.3) is 0 Å². The molecule has 3 heteroatoms. The maximum absolute atomic E-state index is 12.1. The second kappa shape index (κ2) is 7.91. The lowest BCUT2D eigenvalue weighted by atomic mass is 9.99. The smallest absolute Gasteiger partial charge is 0.220 e. The van der Waals surface area contributed by atoms with E-state index < -0.39 is 0 Å². The monoisotopic (exact) mass is 323 g/mol. The quantitative estimate of drug-likeness (QED) is 0.798. The van der Waals surface area contributed by atoms with E-state index in [0.29, 0.717) is 5.56 Å². The van der Waals surface area contributed by atoms with Crippen LogP contribution in [0.2, 0.25) is 0 Å². The highest BCUT2D eigenvalue weighted by Gasteiger charge is 2.14. The second-order valence-electron chi connectivity index (χ2n) is 6.44. The first-order valence-corrected chi connectivity index (χ1v) is 8.33. The lowest BCUT2D eigenvalue weighted by molar-refractivity contribution is -0.121. The fraction of sp³-hybridized carbons (Fsp3) is 0.333. The van der Waals surface area contributed by atoms with E-state index in [-0.39, 0.29) is 30.6 Å². The molecule has 0 aliphatic heterocycles. The number of hydrogen-bond acceptors (Lipinski definition) is 2. The molecule has 1 unspecified atom stereocenters. The van der Waals surface area contributed by atoms with Crippen LogP contribution in [0.25, 0.3) is 0 Å². The van der Waals surface area contributed by atoms with Gasteiger partial charge in [-0.05, 0) is 38.8 Å². The maximum Gasteiger partial charge on any atom is 0.220 e. The molecule has 126 valence electrons. The van der Waals surface area contributed by atoms with Crippen LogP contribution in [0.3, 0.4) is 0 Å². The average Bonchev–Trinajstić information content (AvgIpc) is 2.55. The van der Waals surface area contributed by atoms with Gasteiger partial charge in [-0.1, -0.05) is 53.6 Å². The van der Waals surface area contributed by atoms with Gasteiger partial charge in [-0.15, -0.1) is 0 Å². The molecular formula is C21H25NO2. The summed E-state index contributed by atoms with van der Waals surface area (Å²) in [7, 11) is 0. The van der Waals surface area contributed by atoms with Crippen molar-refractivity contribution in [2.75, 3.05) is 0 Å². The molecule has 3 nitrogen and oxygen atoms in total. The van der Waals surface area contributed by atoms with E-state index in [2.05, 4.69) is 23.5 Å². The third-order valence-electron chi connectivity index (χ3n) is 4.23. The summed E-state index contributed by atoms with van der Waals surface area (Å²) in [4.78, 5) is 24.3. The van der Waals surface area contributed by atoms with Gasteiger partial charge in [-0.2, -0.15) is 0 Å². The standard InChI is InChI=1S/C21H25NO2/c1-14-6-9-18(10-7-14)20(23)11-12-21(24)22-17(4)19-13-15(2)5-8-16(19)3/h5-10,13,17H,11-12H2,1-4H3,(H,22,24). The van der Waals surface area contributed by atoms with E-state index in [1.54, 1.807) is 0 Å². The number of ketones is 1. The van der Waals surface area contributed by atoms with Crippen LogP contribution in [0.1, 0.15) is 58.4 Å². The summed E-state index contributed by atoms with van der Waals surface area (Å²) in [5.41, 5.74) is 5.23. The molecule has 0 fully saturated rings. The number of hydrogen-bond donors (Lipinski definition) is 1. The molecule has 1 N–H and O–H groups in total. The van der Waals surface area contributed by atoms with Gasteiger partial charge in [0.1, 0.15) is 0 Å². The summed E-state index contributed by atoms with van der Waals surface area (Å²) in [6, 6.07) is 13.6. The molecule has 0 spiro atoms. The zero-order chi connectivity index (χ0) is 17.7. The molecule has 0 aromatic heterocycles. The highest BCUT2D eigenvalue weighted by atomic mass is 16.2. The molecule has 2 rings (SSSR count). The Hall–Kier alpha value is -2.42. The largest absolute Gasteiger partial charge is 0.350 e. The van der Waals surface area contributed by atoms with Crippen LogP contribution in [0, 0.1) is 20.8 Å². The Bertz CT molecular complexity index is 732. The Morgan fingerprint density at radius 3 is 2.21 bits per heavy atom. The minimum Gasteiger partial charge on any atom is -0.350 e. The van der Waals surface area contributed by atoms with E-state index in [0.717, 1.165) is 16.7 Å². The molecule has 0 radical (unpaired) electrons. The van der Waals surface area contributed by atoms with Gasteiger partial charge in [0.2, 0.25) is 5.91 Å². The summed E-state index contributed by atoms with van der Waals surface area (Å²) in [5.74, 6) is -0.0894. The number of carbonyl (C=O) groups is 2. The van der Waals surface area contributed by atoms with Crippen molar-refractivity contribution in [1.29, 1.82) is 0 Å². The van der Waals surface area contributed by atoms with Crippen molar-refractivity contribution in [2.45, 2.75) is 46.6 Å². The highest BCUT2D eigenvalue weighted by molar-refractivity contribution is 5.98. The Morgan fingerprint density at radius 2 is 1.54 bits per heavy atom. The lowest BCUT2D eigenvalue weighted by Crippen LogP contribution is -2.27. The second-order valence-corrected chi connectivity index (χ2v) is 6.44. The molecule has 1 atom stereocenters. The van der Waals surface area contributed by atoms with Crippen molar-refractivity contribution in [3.63, 3.8) is 0 Å². The van der Waals surface area contributed by atoms with E-state index in [1.807, 2.05) is 52.0 Å². The van der Waals surface area contributed by atoms with Gasteiger partial charge < -0.3 is 5.32 Å². The summed E-state index contributed by atoms with van der Waals surface area (Å²) >= 11 is 0. The van der Waals surface area contributed by atoms with Crippen molar-refractivity contribution >= 4 is 11.7 Å². The summed E-state index contributed by atoms with van der Waals surface area (Å²) in [6.45, 7) is 8.04. The predicted octanol–water partition coefficient (Wildman–Crippen LogP) is 4.45. The first kappa shape index (κ1) is 17.9. The third kappa shape index (κ3) is 4.79. The van der Waals surface area contributed by atoms with Gasteiger partial charge in [0, 0.05) is 18.4 Å². The number of Topliss-reactive ketones (excluding diaryl/α,β-unsaturated/α-hetero) is 1. The van der Waals surface area contributed by atoms with Crippen LogP contribution in [0.5, 0.6) is 0 Å². The van der Waals surface area contributed by atoms with Gasteiger partial charge >= 0.3 is 0 Å². The average molecular weight is 323 g/mol. The van der Waals surface area contributed by atoms with E-state index in [9.17, 15) is 9.59 Å². The fourth-order valence-corrected chi connectivity index (χ4v) is 2.73. The van der Waals surface area contributed by atoms with Crippen molar-refractivity contribution in [3.8, 4) is 0 Å². The van der Waals surface area contributed by atoms with E-state index in [4.69, 9.17) is 0 Å². The molecule has 24 heavy (non-hydrogen) atoms. The minimum atomic E-state index is -0.0936. The zero-order valence-electron chi connectivity index (χ0n) is 14.8. The first-order valence-electron chi connectivity index (χ1n) is 8.33. The Kier molecular flexibility index (Phi) is 5.91. The van der Waals surface area contributed by atoms with E-state index in [1.165, 1.54) is 5.56 Å². The molecular weight excluding hydrogens is 298 g/mol. The SMILES string of the molecule is Cc1ccc(C(=O)CCC(=O)NC(C)c2cc(C)ccc2C)cc1. The highest BCUT2D eigenvalue weighted by Crippen LogP contribution is 2.19. The molecule has 2 aromatic carbocycles. The van der Waals surface area contributed by atoms with Gasteiger partial charge in [-0.3, -0.25) is 9.59 Å². The third-order valence-corrected chi connectivity index (χ3v) is 4.23. The predicted molar refractivity (Wildman–Crippen MR) is 97.2 cm³/mol. The topological polar surface area (TPSA) is 46.2 Å². The Balaban J connectivity index is 1.89. The van der Waals surface area contributed by atoms with E-state index >= 15 is 0 Å². The summed E-state index contributed by atoms with van der Waals surface area (Å²) in [6.07, 6.45) is 0.441. The summed E-state index contributed by atoms with van der Waals surface area (Å²) in [5, 5.41) is 2.99. The maximum atomic E-state index is 12.1. The Morgan fingerprint density at radius 1 is 0.917 bits per heavy atom. The first-order chi connectivity index (χ1) is 11.4. The number of amides is 1. The van der Waals surface area contributed by atoms with Gasteiger partial charge in [0.05, 0.1) is 6.04 Å². The normalized spacial score (nSPS) is 11.8. The Labute approximate surface area is 144 Å². The summed E-state index contributed by atoms with van der Waals surface area (Å²) < 4.78 is 0. The number of benzene rings is 2. The van der Waals surface area contributed by atoms with Crippen LogP contribution in [0.4, 0.5) is 0 Å². The van der Waals surface area contributed by atoms with Crippen LogP contribution < -0.4 is 5.32 Å². The van der Waals surface area contributed by atoms with Crippen LogP contribution >= 0.6 is 0 Å². The zero-order valence-corrected chi connectivity index (χ0v) is 14.8.